The maximum absolute atomic E-state index is 12.0. The van der Waals surface area contributed by atoms with Crippen molar-refractivity contribution in [2.45, 2.75) is 12.5 Å². The summed E-state index contributed by atoms with van der Waals surface area (Å²) >= 11 is 0. The Morgan fingerprint density at radius 1 is 1.31 bits per heavy atom. The van der Waals surface area contributed by atoms with E-state index in [-0.39, 0.29) is 5.91 Å². The van der Waals surface area contributed by atoms with E-state index >= 15 is 0 Å². The van der Waals surface area contributed by atoms with Gasteiger partial charge in [-0.2, -0.15) is 0 Å². The van der Waals surface area contributed by atoms with Crippen molar-refractivity contribution in [2.75, 3.05) is 19.6 Å². The van der Waals surface area contributed by atoms with Crippen molar-refractivity contribution >= 4 is 5.91 Å². The second kappa shape index (κ2) is 3.91. The summed E-state index contributed by atoms with van der Waals surface area (Å²) < 4.78 is 0. The highest BCUT2D eigenvalue weighted by Gasteiger charge is 2.40. The molecule has 0 saturated carbocycles. The lowest BCUT2D eigenvalue weighted by molar-refractivity contribution is -0.129. The predicted molar refractivity (Wildman–Crippen MR) is 62.0 cm³/mol. The molecule has 2 fully saturated rings. The third-order valence-corrected chi connectivity index (χ3v) is 3.63. The molecule has 0 aliphatic carbocycles. The van der Waals surface area contributed by atoms with Gasteiger partial charge in [-0.15, -0.1) is 0 Å². The number of nitrogens with one attached hydrogen (secondary N) is 1. The lowest BCUT2D eigenvalue weighted by atomic mass is 9.96. The Hall–Kier alpha value is -1.35. The number of rotatable bonds is 2. The highest BCUT2D eigenvalue weighted by atomic mass is 16.2. The van der Waals surface area contributed by atoms with Crippen molar-refractivity contribution < 1.29 is 4.79 Å². The summed E-state index contributed by atoms with van der Waals surface area (Å²) in [6.07, 6.45) is 0.542. The van der Waals surface area contributed by atoms with Gasteiger partial charge in [0.05, 0.1) is 6.42 Å². The lowest BCUT2D eigenvalue weighted by Gasteiger charge is -2.29. The third kappa shape index (κ3) is 1.71. The molecular formula is C13H16N2O. The average molecular weight is 216 g/mol. The molecular weight excluding hydrogens is 200 g/mol. The molecule has 16 heavy (non-hydrogen) atoms. The molecule has 3 nitrogen and oxygen atoms in total. The Kier molecular flexibility index (Phi) is 2.40. The van der Waals surface area contributed by atoms with E-state index in [1.165, 1.54) is 0 Å². The molecule has 0 spiro atoms. The number of benzene rings is 1. The molecule has 0 bridgehead atoms. The average Bonchev–Trinajstić information content (AvgIpc) is 2.56. The van der Waals surface area contributed by atoms with Crippen LogP contribution in [-0.4, -0.2) is 36.5 Å². The fourth-order valence-corrected chi connectivity index (χ4v) is 2.54. The standard InChI is InChI=1S/C13H16N2O/c16-13(6-10-4-2-1-3-5-10)15-8-11-7-14-12(11)9-15/h1-5,11-12,14H,6-9H2. The summed E-state index contributed by atoms with van der Waals surface area (Å²) in [6, 6.07) is 10.5. The molecule has 1 aromatic rings. The summed E-state index contributed by atoms with van der Waals surface area (Å²) in [6.45, 7) is 2.93. The number of fused-ring (bicyclic) bond motifs is 1. The van der Waals surface area contributed by atoms with E-state index in [0.29, 0.717) is 18.4 Å². The Bertz CT molecular complexity index is 378. The van der Waals surface area contributed by atoms with Gasteiger partial charge in [0.15, 0.2) is 0 Å². The summed E-state index contributed by atoms with van der Waals surface area (Å²) in [7, 11) is 0. The van der Waals surface area contributed by atoms with Crippen LogP contribution in [0.25, 0.3) is 0 Å². The molecule has 2 saturated heterocycles. The van der Waals surface area contributed by atoms with E-state index in [0.717, 1.165) is 25.2 Å². The van der Waals surface area contributed by atoms with Gasteiger partial charge in [-0.1, -0.05) is 30.3 Å². The zero-order chi connectivity index (χ0) is 11.0. The second-order valence-corrected chi connectivity index (χ2v) is 4.74. The van der Waals surface area contributed by atoms with Gasteiger partial charge in [0.25, 0.3) is 0 Å². The molecule has 0 radical (unpaired) electrons. The van der Waals surface area contributed by atoms with E-state index in [2.05, 4.69) is 5.32 Å². The van der Waals surface area contributed by atoms with Crippen LogP contribution >= 0.6 is 0 Å². The minimum atomic E-state index is 0.266. The Morgan fingerprint density at radius 2 is 2.12 bits per heavy atom. The van der Waals surface area contributed by atoms with Crippen LogP contribution in [0, 0.1) is 5.92 Å². The zero-order valence-corrected chi connectivity index (χ0v) is 9.23. The Morgan fingerprint density at radius 3 is 2.69 bits per heavy atom. The molecule has 84 valence electrons. The summed E-state index contributed by atoms with van der Waals surface area (Å²) in [4.78, 5) is 14.0. The van der Waals surface area contributed by atoms with Crippen LogP contribution < -0.4 is 5.32 Å². The molecule has 2 heterocycles. The monoisotopic (exact) mass is 216 g/mol. The third-order valence-electron chi connectivity index (χ3n) is 3.63. The molecule has 1 amide bonds. The number of hydrogen-bond acceptors (Lipinski definition) is 2. The van der Waals surface area contributed by atoms with Crippen molar-refractivity contribution in [3.05, 3.63) is 35.9 Å². The number of likely N-dealkylation sites (tertiary alicyclic amines) is 1. The van der Waals surface area contributed by atoms with Crippen LogP contribution in [0.1, 0.15) is 5.56 Å². The number of carbonyl (C=O) groups excluding carboxylic acids is 1. The summed E-state index contributed by atoms with van der Waals surface area (Å²) in [5.41, 5.74) is 1.11. The smallest absolute Gasteiger partial charge is 0.227 e. The molecule has 2 atom stereocenters. The van der Waals surface area contributed by atoms with Crippen molar-refractivity contribution in [2.24, 2.45) is 5.92 Å². The largest absolute Gasteiger partial charge is 0.340 e. The number of carbonyl (C=O) groups is 1. The Balaban J connectivity index is 1.61. The summed E-state index contributed by atoms with van der Waals surface area (Å²) in [5.74, 6) is 0.974. The second-order valence-electron chi connectivity index (χ2n) is 4.74. The van der Waals surface area contributed by atoms with E-state index < -0.39 is 0 Å². The molecule has 2 aliphatic rings. The van der Waals surface area contributed by atoms with Crippen LogP contribution in [0.4, 0.5) is 0 Å². The molecule has 3 rings (SSSR count). The molecule has 3 heteroatoms. The topological polar surface area (TPSA) is 32.3 Å². The highest BCUT2D eigenvalue weighted by molar-refractivity contribution is 5.79. The SMILES string of the molecule is O=C(Cc1ccccc1)N1CC2CNC2C1. The van der Waals surface area contributed by atoms with Crippen molar-refractivity contribution in [3.8, 4) is 0 Å². The summed E-state index contributed by atoms with van der Waals surface area (Å²) in [5, 5.41) is 3.36. The van der Waals surface area contributed by atoms with E-state index in [1.807, 2.05) is 35.2 Å². The van der Waals surface area contributed by atoms with E-state index in [9.17, 15) is 4.79 Å². The van der Waals surface area contributed by atoms with Gasteiger partial charge in [-0.3, -0.25) is 4.79 Å². The highest BCUT2D eigenvalue weighted by Crippen LogP contribution is 2.23. The molecule has 1 N–H and O–H groups in total. The van der Waals surface area contributed by atoms with Crippen molar-refractivity contribution in [1.29, 1.82) is 0 Å². The number of hydrogen-bond donors (Lipinski definition) is 1. The molecule has 1 aromatic carbocycles. The number of nitrogens with zero attached hydrogens (tertiary/aromatic N) is 1. The van der Waals surface area contributed by atoms with Gasteiger partial charge in [0, 0.05) is 31.6 Å². The van der Waals surface area contributed by atoms with Gasteiger partial charge in [0.2, 0.25) is 5.91 Å². The van der Waals surface area contributed by atoms with Crippen LogP contribution in [-0.2, 0) is 11.2 Å². The van der Waals surface area contributed by atoms with Crippen LogP contribution in [0.2, 0.25) is 0 Å². The first-order valence-electron chi connectivity index (χ1n) is 5.88. The van der Waals surface area contributed by atoms with E-state index in [1.54, 1.807) is 0 Å². The number of amides is 1. The van der Waals surface area contributed by atoms with Crippen LogP contribution in [0.15, 0.2) is 30.3 Å². The molecule has 2 unspecified atom stereocenters. The normalized spacial score (nSPS) is 27.4. The van der Waals surface area contributed by atoms with E-state index in [4.69, 9.17) is 0 Å². The maximum atomic E-state index is 12.0. The van der Waals surface area contributed by atoms with Crippen LogP contribution in [0.3, 0.4) is 0 Å². The quantitative estimate of drug-likeness (QED) is 0.787. The van der Waals surface area contributed by atoms with Gasteiger partial charge in [-0.25, -0.2) is 0 Å². The maximum Gasteiger partial charge on any atom is 0.227 e. The fourth-order valence-electron chi connectivity index (χ4n) is 2.54. The first-order valence-corrected chi connectivity index (χ1v) is 5.88. The minimum absolute atomic E-state index is 0.266. The predicted octanol–water partition coefficient (Wildman–Crippen LogP) is 0.659. The first-order chi connectivity index (χ1) is 7.83. The van der Waals surface area contributed by atoms with Gasteiger partial charge < -0.3 is 10.2 Å². The van der Waals surface area contributed by atoms with Crippen molar-refractivity contribution in [1.82, 2.24) is 10.2 Å². The van der Waals surface area contributed by atoms with Crippen LogP contribution in [0.5, 0.6) is 0 Å². The minimum Gasteiger partial charge on any atom is -0.340 e. The van der Waals surface area contributed by atoms with Gasteiger partial charge >= 0.3 is 0 Å². The molecule has 2 aliphatic heterocycles. The lowest BCUT2D eigenvalue weighted by Crippen LogP contribution is -2.51. The van der Waals surface area contributed by atoms with Gasteiger partial charge in [-0.05, 0) is 5.56 Å². The first kappa shape index (κ1) is 9.85. The zero-order valence-electron chi connectivity index (χ0n) is 9.23. The Labute approximate surface area is 95.4 Å². The fraction of sp³-hybridized carbons (Fsp3) is 0.462. The van der Waals surface area contributed by atoms with Gasteiger partial charge in [0.1, 0.15) is 0 Å². The van der Waals surface area contributed by atoms with Crippen molar-refractivity contribution in [3.63, 3.8) is 0 Å². The molecule has 0 aromatic heterocycles.